The Hall–Kier alpha value is -1.77. The lowest BCUT2D eigenvalue weighted by Gasteiger charge is -2.14. The van der Waals surface area contributed by atoms with Crippen LogP contribution in [0.25, 0.3) is 0 Å². The Morgan fingerprint density at radius 2 is 1.57 bits per heavy atom. The van der Waals surface area contributed by atoms with Gasteiger partial charge in [-0.25, -0.2) is 0 Å². The van der Waals surface area contributed by atoms with E-state index in [4.69, 9.17) is 4.74 Å². The minimum Gasteiger partial charge on any atom is -0.382 e. The Morgan fingerprint density at radius 1 is 1.04 bits per heavy atom. The Balaban J connectivity index is 2.94. The number of carbonyl (C=O) groups excluding carboxylic acids is 1. The number of benzene rings is 1. The molecule has 0 aliphatic carbocycles. The SMILES string of the molecule is CCOCCCNC(=O)c1cc(C(F)(F)F)cc(C(F)(F)F)c1. The van der Waals surface area contributed by atoms with Gasteiger partial charge < -0.3 is 10.1 Å². The summed E-state index contributed by atoms with van der Waals surface area (Å²) in [6.07, 6.45) is -9.57. The molecule has 0 atom stereocenters. The first-order chi connectivity index (χ1) is 10.6. The van der Waals surface area contributed by atoms with Crippen molar-refractivity contribution in [2.24, 2.45) is 0 Å². The number of carbonyl (C=O) groups is 1. The molecule has 1 aromatic rings. The van der Waals surface area contributed by atoms with Gasteiger partial charge in [-0.1, -0.05) is 0 Å². The predicted molar refractivity (Wildman–Crippen MR) is 69.9 cm³/mol. The highest BCUT2D eigenvalue weighted by Crippen LogP contribution is 2.36. The molecule has 0 radical (unpaired) electrons. The van der Waals surface area contributed by atoms with Crippen LogP contribution in [0.1, 0.15) is 34.8 Å². The van der Waals surface area contributed by atoms with Crippen LogP contribution in [-0.2, 0) is 17.1 Å². The summed E-state index contributed by atoms with van der Waals surface area (Å²) in [5.74, 6) is -1.00. The lowest BCUT2D eigenvalue weighted by molar-refractivity contribution is -0.143. The van der Waals surface area contributed by atoms with Crippen molar-refractivity contribution >= 4 is 5.91 Å². The lowest BCUT2D eigenvalue weighted by Crippen LogP contribution is -2.26. The Labute approximate surface area is 128 Å². The molecule has 1 aromatic carbocycles. The number of ether oxygens (including phenoxy) is 1. The summed E-state index contributed by atoms with van der Waals surface area (Å²) in [6.45, 7) is 2.64. The Morgan fingerprint density at radius 3 is 2.00 bits per heavy atom. The molecule has 0 saturated carbocycles. The van der Waals surface area contributed by atoms with E-state index in [1.165, 1.54) is 0 Å². The van der Waals surface area contributed by atoms with Crippen LogP contribution < -0.4 is 5.32 Å². The average molecular weight is 343 g/mol. The van der Waals surface area contributed by atoms with Crippen molar-refractivity contribution in [3.63, 3.8) is 0 Å². The van der Waals surface area contributed by atoms with Crippen molar-refractivity contribution in [1.29, 1.82) is 0 Å². The van der Waals surface area contributed by atoms with Gasteiger partial charge in [0.15, 0.2) is 0 Å². The van der Waals surface area contributed by atoms with E-state index in [2.05, 4.69) is 5.32 Å². The van der Waals surface area contributed by atoms with Gasteiger partial charge in [0.05, 0.1) is 11.1 Å². The van der Waals surface area contributed by atoms with Gasteiger partial charge in [0, 0.05) is 25.3 Å². The van der Waals surface area contributed by atoms with Gasteiger partial charge in [0.1, 0.15) is 0 Å². The third kappa shape index (κ3) is 6.09. The van der Waals surface area contributed by atoms with Crippen molar-refractivity contribution in [1.82, 2.24) is 5.32 Å². The van der Waals surface area contributed by atoms with E-state index < -0.39 is 35.0 Å². The standard InChI is InChI=1S/C14H15F6NO2/c1-2-23-5-3-4-21-12(22)9-6-10(13(15,16)17)8-11(7-9)14(18,19)20/h6-8H,2-5H2,1H3,(H,21,22). The number of alkyl halides is 6. The average Bonchev–Trinajstić information content (AvgIpc) is 2.44. The molecule has 0 aromatic heterocycles. The van der Waals surface area contributed by atoms with Crippen LogP contribution >= 0.6 is 0 Å². The number of halogens is 6. The summed E-state index contributed by atoms with van der Waals surface area (Å²) in [6, 6.07) is 0.770. The zero-order valence-corrected chi connectivity index (χ0v) is 12.1. The van der Waals surface area contributed by atoms with Crippen molar-refractivity contribution in [3.05, 3.63) is 34.9 Å². The first-order valence-electron chi connectivity index (χ1n) is 6.71. The number of hydrogen-bond donors (Lipinski definition) is 1. The first kappa shape index (κ1) is 19.3. The highest BCUT2D eigenvalue weighted by molar-refractivity contribution is 5.94. The highest BCUT2D eigenvalue weighted by Gasteiger charge is 2.37. The summed E-state index contributed by atoms with van der Waals surface area (Å²) in [5.41, 5.74) is -3.73. The highest BCUT2D eigenvalue weighted by atomic mass is 19.4. The Bertz CT molecular complexity index is 507. The van der Waals surface area contributed by atoms with E-state index >= 15 is 0 Å². The second kappa shape index (κ2) is 7.67. The van der Waals surface area contributed by atoms with Crippen molar-refractivity contribution in [2.75, 3.05) is 19.8 Å². The maximum atomic E-state index is 12.7. The lowest BCUT2D eigenvalue weighted by atomic mass is 10.0. The molecule has 0 bridgehead atoms. The number of hydrogen-bond acceptors (Lipinski definition) is 2. The fraction of sp³-hybridized carbons (Fsp3) is 0.500. The van der Waals surface area contributed by atoms with E-state index in [0.717, 1.165) is 0 Å². The van der Waals surface area contributed by atoms with E-state index in [0.29, 0.717) is 31.8 Å². The molecule has 0 saturated heterocycles. The van der Waals surface area contributed by atoms with Gasteiger partial charge in [-0.15, -0.1) is 0 Å². The topological polar surface area (TPSA) is 38.3 Å². The van der Waals surface area contributed by atoms with Crippen LogP contribution in [-0.4, -0.2) is 25.7 Å². The van der Waals surface area contributed by atoms with E-state index in [1.807, 2.05) is 0 Å². The summed E-state index contributed by atoms with van der Waals surface area (Å²) >= 11 is 0. The first-order valence-corrected chi connectivity index (χ1v) is 6.71. The molecule has 9 heteroatoms. The summed E-state index contributed by atoms with van der Waals surface area (Å²) < 4.78 is 81.1. The van der Waals surface area contributed by atoms with Gasteiger partial charge in [-0.2, -0.15) is 26.3 Å². The maximum absolute atomic E-state index is 12.7. The molecule has 0 unspecified atom stereocenters. The van der Waals surface area contributed by atoms with E-state index in [-0.39, 0.29) is 12.6 Å². The molecule has 0 fully saturated rings. The summed E-state index contributed by atoms with van der Waals surface area (Å²) in [5, 5.41) is 2.26. The molecule has 1 rings (SSSR count). The van der Waals surface area contributed by atoms with Crippen molar-refractivity contribution < 1.29 is 35.9 Å². The summed E-state index contributed by atoms with van der Waals surface area (Å²) in [4.78, 5) is 11.7. The molecule has 23 heavy (non-hydrogen) atoms. The molecule has 0 spiro atoms. The zero-order valence-electron chi connectivity index (χ0n) is 12.1. The van der Waals surface area contributed by atoms with Crippen molar-refractivity contribution in [2.45, 2.75) is 25.7 Å². The second-order valence-electron chi connectivity index (χ2n) is 4.60. The predicted octanol–water partition coefficient (Wildman–Crippen LogP) is 3.88. The van der Waals surface area contributed by atoms with Crippen LogP contribution in [0.4, 0.5) is 26.3 Å². The minimum absolute atomic E-state index is 0.0220. The Kier molecular flexibility index (Phi) is 6.43. The minimum atomic E-state index is -4.98. The molecule has 0 aliphatic rings. The molecule has 1 amide bonds. The fourth-order valence-corrected chi connectivity index (χ4v) is 1.71. The van der Waals surface area contributed by atoms with Gasteiger partial charge in [-0.3, -0.25) is 4.79 Å². The molecule has 1 N–H and O–H groups in total. The van der Waals surface area contributed by atoms with Crippen LogP contribution in [0.2, 0.25) is 0 Å². The zero-order chi connectivity index (χ0) is 17.7. The van der Waals surface area contributed by atoms with Gasteiger partial charge in [0.2, 0.25) is 0 Å². The molecular weight excluding hydrogens is 328 g/mol. The van der Waals surface area contributed by atoms with Gasteiger partial charge >= 0.3 is 12.4 Å². The van der Waals surface area contributed by atoms with Crippen LogP contribution in [0.3, 0.4) is 0 Å². The van der Waals surface area contributed by atoms with E-state index in [1.54, 1.807) is 6.92 Å². The van der Waals surface area contributed by atoms with Crippen LogP contribution in [0.5, 0.6) is 0 Å². The van der Waals surface area contributed by atoms with Crippen molar-refractivity contribution in [3.8, 4) is 0 Å². The molecule has 130 valence electrons. The molecule has 0 heterocycles. The largest absolute Gasteiger partial charge is 0.416 e. The second-order valence-corrected chi connectivity index (χ2v) is 4.60. The quantitative estimate of drug-likeness (QED) is 0.629. The number of rotatable bonds is 6. The molecular formula is C14H15F6NO2. The van der Waals surface area contributed by atoms with E-state index in [9.17, 15) is 31.1 Å². The van der Waals surface area contributed by atoms with Gasteiger partial charge in [-0.05, 0) is 31.5 Å². The molecule has 3 nitrogen and oxygen atoms in total. The molecule has 0 aliphatic heterocycles. The third-order valence-corrected chi connectivity index (χ3v) is 2.80. The summed E-state index contributed by atoms with van der Waals surface area (Å²) in [7, 11) is 0. The fourth-order valence-electron chi connectivity index (χ4n) is 1.71. The third-order valence-electron chi connectivity index (χ3n) is 2.80. The number of nitrogens with one attached hydrogen (secondary N) is 1. The van der Waals surface area contributed by atoms with Crippen LogP contribution in [0.15, 0.2) is 18.2 Å². The van der Waals surface area contributed by atoms with Crippen LogP contribution in [0, 0.1) is 0 Å². The maximum Gasteiger partial charge on any atom is 0.416 e. The number of amides is 1. The monoisotopic (exact) mass is 343 g/mol. The normalized spacial score (nSPS) is 12.3. The smallest absolute Gasteiger partial charge is 0.382 e. The van der Waals surface area contributed by atoms with Gasteiger partial charge in [0.25, 0.3) is 5.91 Å².